The van der Waals surface area contributed by atoms with E-state index in [1.54, 1.807) is 7.11 Å². The average Bonchev–Trinajstić information content (AvgIpc) is 2.69. The summed E-state index contributed by atoms with van der Waals surface area (Å²) in [5.74, 6) is -0.262. The number of rotatable bonds is 6. The molecule has 0 fully saturated rings. The molecule has 1 atom stereocenters. The first kappa shape index (κ1) is 13.5. The van der Waals surface area contributed by atoms with Crippen molar-refractivity contribution in [2.24, 2.45) is 0 Å². The number of H-pyrrole nitrogens is 1. The molecule has 4 N–H and O–H groups in total. The van der Waals surface area contributed by atoms with E-state index in [-0.39, 0.29) is 17.6 Å². The number of hydrogen-bond donors (Lipinski definition) is 3. The van der Waals surface area contributed by atoms with Gasteiger partial charge in [0.2, 0.25) is 0 Å². The maximum Gasteiger partial charge on any atom is 0.274 e. The molecule has 0 bridgehead atoms. The van der Waals surface area contributed by atoms with Gasteiger partial charge in [-0.3, -0.25) is 9.89 Å². The zero-order valence-electron chi connectivity index (χ0n) is 10.5. The minimum atomic E-state index is -0.262. The normalized spacial score (nSPS) is 12.4. The fourth-order valence-electron chi connectivity index (χ4n) is 1.55. The Labute approximate surface area is 101 Å². The molecule has 1 heterocycles. The molecule has 0 radical (unpaired) electrons. The molecule has 0 saturated carbocycles. The Morgan fingerprint density at radius 2 is 2.29 bits per heavy atom. The highest BCUT2D eigenvalue weighted by atomic mass is 16.5. The molecule has 1 unspecified atom stereocenters. The molecular weight excluding hydrogens is 220 g/mol. The number of amides is 1. The fraction of sp³-hybridized carbons (Fsp3) is 0.636. The molecule has 1 aromatic rings. The maximum atomic E-state index is 11.9. The minimum Gasteiger partial charge on any atom is -0.395 e. The highest BCUT2D eigenvalue weighted by Gasteiger charge is 2.18. The molecule has 96 valence electrons. The van der Waals surface area contributed by atoms with Crippen LogP contribution in [0.3, 0.4) is 0 Å². The number of nitrogens with zero attached hydrogens (tertiary/aromatic N) is 1. The van der Waals surface area contributed by atoms with E-state index in [2.05, 4.69) is 15.5 Å². The van der Waals surface area contributed by atoms with Gasteiger partial charge in [-0.15, -0.1) is 0 Å². The number of aromatic nitrogens is 2. The summed E-state index contributed by atoms with van der Waals surface area (Å²) in [7, 11) is 1.60. The van der Waals surface area contributed by atoms with E-state index in [4.69, 9.17) is 10.5 Å². The maximum absolute atomic E-state index is 11.9. The monoisotopic (exact) mass is 240 g/mol. The minimum absolute atomic E-state index is 0.0197. The van der Waals surface area contributed by atoms with E-state index in [0.29, 0.717) is 12.3 Å². The number of aryl methyl sites for hydroxylation is 1. The van der Waals surface area contributed by atoms with Crippen LogP contribution in [-0.4, -0.2) is 35.9 Å². The number of hydrogen-bond acceptors (Lipinski definition) is 4. The predicted molar refractivity (Wildman–Crippen MR) is 65.8 cm³/mol. The van der Waals surface area contributed by atoms with Crippen LogP contribution in [0.25, 0.3) is 0 Å². The largest absolute Gasteiger partial charge is 0.395 e. The zero-order chi connectivity index (χ0) is 12.8. The van der Waals surface area contributed by atoms with Gasteiger partial charge in [0.05, 0.1) is 24.0 Å². The summed E-state index contributed by atoms with van der Waals surface area (Å²) in [4.78, 5) is 11.9. The molecule has 17 heavy (non-hydrogen) atoms. The van der Waals surface area contributed by atoms with Crippen molar-refractivity contribution in [1.29, 1.82) is 0 Å². The van der Waals surface area contributed by atoms with Crippen LogP contribution in [0.2, 0.25) is 0 Å². The van der Waals surface area contributed by atoms with Gasteiger partial charge < -0.3 is 15.8 Å². The molecular formula is C11H20N4O2. The van der Waals surface area contributed by atoms with Crippen LogP contribution in [-0.2, 0) is 11.2 Å². The van der Waals surface area contributed by atoms with Crippen LogP contribution in [0.1, 0.15) is 36.5 Å². The Bertz CT molecular complexity index is 376. The number of aromatic amines is 1. The van der Waals surface area contributed by atoms with E-state index < -0.39 is 0 Å². The lowest BCUT2D eigenvalue weighted by Gasteiger charge is -2.15. The van der Waals surface area contributed by atoms with Crippen molar-refractivity contribution < 1.29 is 9.53 Å². The van der Waals surface area contributed by atoms with Crippen molar-refractivity contribution in [3.05, 3.63) is 11.4 Å². The molecule has 6 heteroatoms. The van der Waals surface area contributed by atoms with Gasteiger partial charge in [-0.1, -0.05) is 13.8 Å². The highest BCUT2D eigenvalue weighted by Crippen LogP contribution is 2.14. The number of nitrogens with one attached hydrogen (secondary N) is 2. The Hall–Kier alpha value is -1.56. The van der Waals surface area contributed by atoms with Gasteiger partial charge >= 0.3 is 0 Å². The van der Waals surface area contributed by atoms with Crippen molar-refractivity contribution in [1.82, 2.24) is 15.5 Å². The van der Waals surface area contributed by atoms with Crippen molar-refractivity contribution >= 4 is 11.6 Å². The Balaban J connectivity index is 2.72. The van der Waals surface area contributed by atoms with Gasteiger partial charge in [0.15, 0.2) is 5.69 Å². The SMILES string of the molecule is CCc1[nH]nc(C(=O)NC(CC)COC)c1N. The second kappa shape index (κ2) is 6.24. The quantitative estimate of drug-likeness (QED) is 0.682. The second-order valence-corrected chi connectivity index (χ2v) is 3.85. The van der Waals surface area contributed by atoms with E-state index in [9.17, 15) is 4.79 Å². The van der Waals surface area contributed by atoms with Crippen LogP contribution in [0.5, 0.6) is 0 Å². The highest BCUT2D eigenvalue weighted by molar-refractivity contribution is 5.97. The second-order valence-electron chi connectivity index (χ2n) is 3.85. The van der Waals surface area contributed by atoms with Crippen LogP contribution in [0, 0.1) is 0 Å². The number of anilines is 1. The lowest BCUT2D eigenvalue weighted by atomic mass is 10.2. The van der Waals surface area contributed by atoms with Crippen LogP contribution >= 0.6 is 0 Å². The number of ether oxygens (including phenoxy) is 1. The first-order chi connectivity index (χ1) is 8.13. The molecule has 0 aliphatic rings. The lowest BCUT2D eigenvalue weighted by Crippen LogP contribution is -2.38. The van der Waals surface area contributed by atoms with Gasteiger partial charge in [0.25, 0.3) is 5.91 Å². The van der Waals surface area contributed by atoms with Crippen LogP contribution < -0.4 is 11.1 Å². The number of carbonyl (C=O) groups excluding carboxylic acids is 1. The summed E-state index contributed by atoms with van der Waals surface area (Å²) in [5.41, 5.74) is 7.30. The van der Waals surface area contributed by atoms with Gasteiger partial charge in [0.1, 0.15) is 0 Å². The fourth-order valence-corrected chi connectivity index (χ4v) is 1.55. The molecule has 0 saturated heterocycles. The van der Waals surface area contributed by atoms with Crippen molar-refractivity contribution in [2.45, 2.75) is 32.7 Å². The molecule has 0 aromatic carbocycles. The first-order valence-corrected chi connectivity index (χ1v) is 5.76. The van der Waals surface area contributed by atoms with E-state index in [1.165, 1.54) is 0 Å². The van der Waals surface area contributed by atoms with E-state index in [0.717, 1.165) is 18.5 Å². The van der Waals surface area contributed by atoms with E-state index >= 15 is 0 Å². The van der Waals surface area contributed by atoms with E-state index in [1.807, 2.05) is 13.8 Å². The number of nitrogen functional groups attached to an aromatic ring is 1. The molecule has 0 aliphatic carbocycles. The van der Waals surface area contributed by atoms with Crippen molar-refractivity contribution in [2.75, 3.05) is 19.5 Å². The summed E-state index contributed by atoms with van der Waals surface area (Å²) in [6.07, 6.45) is 1.52. The van der Waals surface area contributed by atoms with Crippen LogP contribution in [0.4, 0.5) is 5.69 Å². The third kappa shape index (κ3) is 3.20. The Kier molecular flexibility index (Phi) is 4.96. The number of carbonyl (C=O) groups is 1. The molecule has 6 nitrogen and oxygen atoms in total. The summed E-state index contributed by atoms with van der Waals surface area (Å²) >= 11 is 0. The first-order valence-electron chi connectivity index (χ1n) is 5.76. The van der Waals surface area contributed by atoms with Crippen LogP contribution in [0.15, 0.2) is 0 Å². The standard InChI is InChI=1S/C11H20N4O2/c1-4-7(6-17-3)13-11(16)10-9(12)8(5-2)14-15-10/h7H,4-6,12H2,1-3H3,(H,13,16)(H,14,15). The summed E-state index contributed by atoms with van der Waals surface area (Å²) in [6.45, 7) is 4.41. The predicted octanol–water partition coefficient (Wildman–Crippen LogP) is 0.709. The molecule has 1 amide bonds. The summed E-state index contributed by atoms with van der Waals surface area (Å²) in [6, 6.07) is -0.0197. The lowest BCUT2D eigenvalue weighted by molar-refractivity contribution is 0.0890. The topological polar surface area (TPSA) is 93.0 Å². The molecule has 1 aromatic heterocycles. The summed E-state index contributed by atoms with van der Waals surface area (Å²) < 4.78 is 5.01. The zero-order valence-corrected chi connectivity index (χ0v) is 10.5. The Morgan fingerprint density at radius 3 is 2.76 bits per heavy atom. The van der Waals surface area contributed by atoms with Gasteiger partial charge in [-0.2, -0.15) is 5.10 Å². The van der Waals surface area contributed by atoms with Gasteiger partial charge in [0, 0.05) is 7.11 Å². The van der Waals surface area contributed by atoms with Gasteiger partial charge in [-0.25, -0.2) is 0 Å². The van der Waals surface area contributed by atoms with Crippen molar-refractivity contribution in [3.63, 3.8) is 0 Å². The number of methoxy groups -OCH3 is 1. The van der Waals surface area contributed by atoms with Gasteiger partial charge in [-0.05, 0) is 12.8 Å². The smallest absolute Gasteiger partial charge is 0.274 e. The average molecular weight is 240 g/mol. The Morgan fingerprint density at radius 1 is 1.59 bits per heavy atom. The molecule has 0 aliphatic heterocycles. The summed E-state index contributed by atoms with van der Waals surface area (Å²) in [5, 5.41) is 9.53. The molecule has 1 rings (SSSR count). The third-order valence-corrected chi connectivity index (χ3v) is 2.65. The number of nitrogens with two attached hydrogens (primary N) is 1. The third-order valence-electron chi connectivity index (χ3n) is 2.65. The van der Waals surface area contributed by atoms with Crippen molar-refractivity contribution in [3.8, 4) is 0 Å². The molecule has 0 spiro atoms.